The van der Waals surface area contributed by atoms with Crippen LogP contribution in [0.2, 0.25) is 5.02 Å². The monoisotopic (exact) mass is 610 g/mol. The molecule has 5 rings (SSSR count). The van der Waals surface area contributed by atoms with Crippen LogP contribution in [0.15, 0.2) is 97.1 Å². The molecular weight excluding hydrogens is 579 g/mol. The molecule has 3 N–H and O–H groups in total. The highest BCUT2D eigenvalue weighted by atomic mass is 35.5. The number of aryl methyl sites for hydroxylation is 1. The maximum Gasteiger partial charge on any atom is 0.264 e. The number of nitrogens with one attached hydrogen (secondary N) is 2. The first-order chi connectivity index (χ1) is 19.3. The van der Waals surface area contributed by atoms with Crippen LogP contribution < -0.4 is 10.0 Å². The minimum absolute atomic E-state index is 0. The van der Waals surface area contributed by atoms with E-state index in [2.05, 4.69) is 28.2 Å². The third-order valence-corrected chi connectivity index (χ3v) is 8.64. The lowest BCUT2D eigenvalue weighted by Gasteiger charge is -2.27. The summed E-state index contributed by atoms with van der Waals surface area (Å²) in [6, 6.07) is 29.6. The van der Waals surface area contributed by atoms with E-state index >= 15 is 0 Å². The maximum absolute atomic E-state index is 12.6. The topological polar surface area (TPSA) is 95.5 Å². The molecule has 0 aromatic heterocycles. The van der Waals surface area contributed by atoms with Gasteiger partial charge in [-0.05, 0) is 76.9 Å². The number of benzene rings is 4. The number of fused-ring (bicyclic) bond motifs is 1. The zero-order valence-corrected chi connectivity index (χ0v) is 24.7. The molecule has 0 unspecified atom stereocenters. The van der Waals surface area contributed by atoms with Gasteiger partial charge in [0.05, 0.1) is 11.9 Å². The van der Waals surface area contributed by atoms with E-state index in [4.69, 9.17) is 11.6 Å². The second-order valence-electron chi connectivity index (χ2n) is 10.2. The van der Waals surface area contributed by atoms with Gasteiger partial charge in [-0.25, -0.2) is 13.1 Å². The second-order valence-corrected chi connectivity index (χ2v) is 12.3. The van der Waals surface area contributed by atoms with Gasteiger partial charge in [-0.15, -0.1) is 12.4 Å². The van der Waals surface area contributed by atoms with Crippen LogP contribution in [-0.2, 0) is 28.6 Å². The van der Waals surface area contributed by atoms with Crippen molar-refractivity contribution in [2.45, 2.75) is 37.2 Å². The van der Waals surface area contributed by atoms with Gasteiger partial charge >= 0.3 is 0 Å². The Hall–Kier alpha value is -3.20. The highest BCUT2D eigenvalue weighted by molar-refractivity contribution is 7.89. The van der Waals surface area contributed by atoms with Crippen molar-refractivity contribution in [3.05, 3.63) is 130 Å². The Kier molecular flexibility index (Phi) is 10.2. The Bertz CT molecular complexity index is 1600. The van der Waals surface area contributed by atoms with Crippen LogP contribution in [0.5, 0.6) is 0 Å². The number of amides is 1. The molecule has 0 bridgehead atoms. The van der Waals surface area contributed by atoms with E-state index in [0.717, 1.165) is 36.0 Å². The number of carbonyl (C=O) groups is 1. The van der Waals surface area contributed by atoms with Gasteiger partial charge in [-0.2, -0.15) is 0 Å². The number of sulfonamides is 1. The summed E-state index contributed by atoms with van der Waals surface area (Å²) in [7, 11) is -3.81. The van der Waals surface area contributed by atoms with E-state index < -0.39 is 22.0 Å². The molecule has 0 saturated carbocycles. The van der Waals surface area contributed by atoms with Crippen molar-refractivity contribution in [1.29, 1.82) is 0 Å². The van der Waals surface area contributed by atoms with Crippen molar-refractivity contribution in [3.63, 3.8) is 0 Å². The lowest BCUT2D eigenvalue weighted by Crippen LogP contribution is -2.37. The lowest BCUT2D eigenvalue weighted by atomic mass is 9.86. The zero-order chi connectivity index (χ0) is 28.1. The van der Waals surface area contributed by atoms with Gasteiger partial charge in [-0.1, -0.05) is 84.4 Å². The molecule has 214 valence electrons. The standard InChI is InChI=1S/C32H31ClN2O4S.ClH/c33-29-8-4-7-27(18-29)31(36)20-34-30-16-15-24-11-14-26(17-28(24)19-30)23-9-12-25(13-10-23)32(37)35-40(38,39)21-22-5-2-1-3-6-22;/h1-14,17-18,30-31,34,36H,15-16,19-21H2,(H,35,37);1H/t30-,31+;/m0./s1. The van der Waals surface area contributed by atoms with Crippen molar-refractivity contribution in [3.8, 4) is 11.1 Å². The molecule has 6 nitrogen and oxygen atoms in total. The first-order valence-corrected chi connectivity index (χ1v) is 15.3. The predicted molar refractivity (Wildman–Crippen MR) is 166 cm³/mol. The van der Waals surface area contributed by atoms with Crippen LogP contribution in [0.4, 0.5) is 0 Å². The van der Waals surface area contributed by atoms with Crippen molar-refractivity contribution in [2.75, 3.05) is 6.54 Å². The van der Waals surface area contributed by atoms with E-state index in [1.165, 1.54) is 11.1 Å². The fourth-order valence-corrected chi connectivity index (χ4v) is 6.37. The molecule has 0 spiro atoms. The molecule has 9 heteroatoms. The molecular formula is C32H32Cl2N2O4S. The molecule has 0 saturated heterocycles. The molecule has 1 amide bonds. The number of hydrogen-bond donors (Lipinski definition) is 3. The molecule has 0 fully saturated rings. The van der Waals surface area contributed by atoms with Crippen LogP contribution in [0.3, 0.4) is 0 Å². The van der Waals surface area contributed by atoms with Gasteiger partial charge in [0.15, 0.2) is 0 Å². The normalized spacial score (nSPS) is 15.3. The average molecular weight is 612 g/mol. The largest absolute Gasteiger partial charge is 0.387 e. The van der Waals surface area contributed by atoms with Crippen LogP contribution >= 0.6 is 24.0 Å². The highest BCUT2D eigenvalue weighted by Gasteiger charge is 2.21. The Labute approximate surface area is 252 Å². The number of hydrogen-bond acceptors (Lipinski definition) is 5. The van der Waals surface area contributed by atoms with Crippen molar-refractivity contribution >= 4 is 39.9 Å². The smallest absolute Gasteiger partial charge is 0.264 e. The fourth-order valence-electron chi connectivity index (χ4n) is 5.06. The molecule has 4 aromatic rings. The maximum atomic E-state index is 12.6. The van der Waals surface area contributed by atoms with E-state index in [0.29, 0.717) is 17.1 Å². The third kappa shape index (κ3) is 8.18. The summed E-state index contributed by atoms with van der Waals surface area (Å²) in [5.74, 6) is -0.913. The van der Waals surface area contributed by atoms with Crippen molar-refractivity contribution in [1.82, 2.24) is 10.0 Å². The van der Waals surface area contributed by atoms with Gasteiger partial charge in [0.25, 0.3) is 5.91 Å². The number of aliphatic hydroxyl groups excluding tert-OH is 1. The summed E-state index contributed by atoms with van der Waals surface area (Å²) in [4.78, 5) is 12.6. The summed E-state index contributed by atoms with van der Waals surface area (Å²) < 4.78 is 27.1. The zero-order valence-electron chi connectivity index (χ0n) is 22.3. The molecule has 4 aromatic carbocycles. The number of rotatable bonds is 9. The van der Waals surface area contributed by atoms with Crippen LogP contribution in [0, 0.1) is 0 Å². The Balaban J connectivity index is 0.00000387. The summed E-state index contributed by atoms with van der Waals surface area (Å²) in [6.45, 7) is 0.449. The summed E-state index contributed by atoms with van der Waals surface area (Å²) in [6.07, 6.45) is 2.17. The Morgan fingerprint density at radius 1 is 0.902 bits per heavy atom. The Morgan fingerprint density at radius 2 is 1.63 bits per heavy atom. The molecule has 0 aliphatic heterocycles. The van der Waals surface area contributed by atoms with Crippen molar-refractivity contribution < 1.29 is 18.3 Å². The number of carbonyl (C=O) groups excluding carboxylic acids is 1. The van der Waals surface area contributed by atoms with Gasteiger partial charge in [0, 0.05) is 23.2 Å². The quantitative estimate of drug-likeness (QED) is 0.220. The van der Waals surface area contributed by atoms with Crippen LogP contribution in [0.1, 0.15) is 45.1 Å². The summed E-state index contributed by atoms with van der Waals surface area (Å²) in [5, 5.41) is 14.7. The fraction of sp³-hybridized carbons (Fsp3) is 0.219. The highest BCUT2D eigenvalue weighted by Crippen LogP contribution is 2.28. The SMILES string of the molecule is Cl.O=C(NS(=O)(=O)Cc1ccccc1)c1ccc(-c2ccc3c(c2)C[C@@H](NC[C@@H](O)c2cccc(Cl)c2)CC3)cc1. The van der Waals surface area contributed by atoms with Crippen molar-refractivity contribution in [2.24, 2.45) is 0 Å². The summed E-state index contributed by atoms with van der Waals surface area (Å²) in [5.41, 5.74) is 6.23. The molecule has 0 radical (unpaired) electrons. The third-order valence-electron chi connectivity index (χ3n) is 7.20. The number of aliphatic hydroxyl groups is 1. The van der Waals surface area contributed by atoms with E-state index in [-0.39, 0.29) is 29.8 Å². The molecule has 0 heterocycles. The number of halogens is 2. The van der Waals surface area contributed by atoms with Gasteiger partial charge < -0.3 is 10.4 Å². The van der Waals surface area contributed by atoms with E-state index in [9.17, 15) is 18.3 Å². The van der Waals surface area contributed by atoms with Gasteiger partial charge in [0.1, 0.15) is 0 Å². The van der Waals surface area contributed by atoms with Crippen LogP contribution in [-0.4, -0.2) is 32.0 Å². The molecule has 41 heavy (non-hydrogen) atoms. The first kappa shape index (κ1) is 30.8. The Morgan fingerprint density at radius 3 is 2.37 bits per heavy atom. The van der Waals surface area contributed by atoms with Crippen LogP contribution in [0.25, 0.3) is 11.1 Å². The minimum Gasteiger partial charge on any atom is -0.387 e. The predicted octanol–water partition coefficient (Wildman–Crippen LogP) is 5.87. The average Bonchev–Trinajstić information content (AvgIpc) is 2.95. The summed E-state index contributed by atoms with van der Waals surface area (Å²) >= 11 is 6.06. The molecule has 2 atom stereocenters. The van der Waals surface area contributed by atoms with E-state index in [1.54, 1.807) is 48.5 Å². The lowest BCUT2D eigenvalue weighted by molar-refractivity contribution is 0.0981. The second kappa shape index (κ2) is 13.6. The van der Waals surface area contributed by atoms with E-state index in [1.807, 2.05) is 30.3 Å². The van der Waals surface area contributed by atoms with Gasteiger partial charge in [0.2, 0.25) is 10.0 Å². The first-order valence-electron chi connectivity index (χ1n) is 13.2. The molecule has 1 aliphatic rings. The minimum atomic E-state index is -3.81. The molecule has 1 aliphatic carbocycles. The van der Waals surface area contributed by atoms with Gasteiger partial charge in [-0.3, -0.25) is 4.79 Å².